The van der Waals surface area contributed by atoms with Crippen molar-refractivity contribution < 1.29 is 13.2 Å². The van der Waals surface area contributed by atoms with Gasteiger partial charge in [-0.15, -0.1) is 11.3 Å². The molecule has 1 fully saturated rings. The van der Waals surface area contributed by atoms with Crippen molar-refractivity contribution in [3.63, 3.8) is 0 Å². The van der Waals surface area contributed by atoms with E-state index in [9.17, 15) is 13.2 Å². The van der Waals surface area contributed by atoms with Gasteiger partial charge < -0.3 is 4.90 Å². The van der Waals surface area contributed by atoms with Crippen LogP contribution in [0, 0.1) is 0 Å². The van der Waals surface area contributed by atoms with E-state index in [0.717, 1.165) is 17.1 Å². The summed E-state index contributed by atoms with van der Waals surface area (Å²) < 4.78 is 23.1. The van der Waals surface area contributed by atoms with Crippen LogP contribution >= 0.6 is 11.3 Å². The third-order valence-corrected chi connectivity index (χ3v) is 6.93. The van der Waals surface area contributed by atoms with Gasteiger partial charge in [0.05, 0.1) is 28.6 Å². The number of nitrogens with zero attached hydrogens (tertiary/aromatic N) is 2. The van der Waals surface area contributed by atoms with Gasteiger partial charge in [0.25, 0.3) is 0 Å². The van der Waals surface area contributed by atoms with E-state index in [1.165, 1.54) is 5.56 Å². The minimum atomic E-state index is -2.98. The topological polar surface area (TPSA) is 67.3 Å². The highest BCUT2D eigenvalue weighted by Crippen LogP contribution is 2.19. The number of amides is 1. The fourth-order valence-corrected chi connectivity index (χ4v) is 5.45. The molecule has 0 spiro atoms. The molecule has 0 bridgehead atoms. The van der Waals surface area contributed by atoms with Gasteiger partial charge in [-0.05, 0) is 12.0 Å². The zero-order chi connectivity index (χ0) is 17.2. The molecule has 1 unspecified atom stereocenters. The number of likely N-dealkylation sites (N-methyl/N-ethyl adjacent to an activating group) is 1. The Morgan fingerprint density at radius 2 is 2.08 bits per heavy atom. The predicted octanol–water partition coefficient (Wildman–Crippen LogP) is 1.92. The number of thiazole rings is 1. The second-order valence-electron chi connectivity index (χ2n) is 6.13. The molecule has 24 heavy (non-hydrogen) atoms. The number of rotatable bonds is 5. The molecule has 3 rings (SSSR count). The van der Waals surface area contributed by atoms with E-state index in [2.05, 4.69) is 17.1 Å². The molecule has 1 aromatic heterocycles. The first-order chi connectivity index (χ1) is 11.4. The Bertz CT molecular complexity index is 815. The van der Waals surface area contributed by atoms with Crippen molar-refractivity contribution in [3.05, 3.63) is 52.0 Å². The summed E-state index contributed by atoms with van der Waals surface area (Å²) in [6.07, 6.45) is 1.51. The highest BCUT2D eigenvalue weighted by Gasteiger charge is 2.32. The minimum absolute atomic E-state index is 0.0750. The first-order valence-electron chi connectivity index (χ1n) is 7.86. The Morgan fingerprint density at radius 1 is 1.33 bits per heavy atom. The quantitative estimate of drug-likeness (QED) is 0.813. The van der Waals surface area contributed by atoms with Crippen LogP contribution in [-0.4, -0.2) is 48.8 Å². The maximum atomic E-state index is 12.4. The molecule has 5 nitrogen and oxygen atoms in total. The Kier molecular flexibility index (Phi) is 5.01. The number of hydrogen-bond acceptors (Lipinski definition) is 5. The van der Waals surface area contributed by atoms with Gasteiger partial charge in [0.15, 0.2) is 9.84 Å². The summed E-state index contributed by atoms with van der Waals surface area (Å²) >= 11 is 1.55. The van der Waals surface area contributed by atoms with E-state index in [1.807, 2.05) is 23.6 Å². The van der Waals surface area contributed by atoms with E-state index >= 15 is 0 Å². The van der Waals surface area contributed by atoms with Crippen molar-refractivity contribution >= 4 is 27.1 Å². The van der Waals surface area contributed by atoms with E-state index in [1.54, 1.807) is 23.3 Å². The van der Waals surface area contributed by atoms with Crippen LogP contribution in [0.4, 0.5) is 0 Å². The lowest BCUT2D eigenvalue weighted by atomic mass is 10.2. The molecule has 128 valence electrons. The maximum Gasteiger partial charge on any atom is 0.228 e. The molecular formula is C17H20N2O3S2. The van der Waals surface area contributed by atoms with Gasteiger partial charge in [0, 0.05) is 24.9 Å². The molecule has 1 amide bonds. The van der Waals surface area contributed by atoms with Crippen LogP contribution in [0.3, 0.4) is 0 Å². The molecule has 1 atom stereocenters. The van der Waals surface area contributed by atoms with Gasteiger partial charge in [0.2, 0.25) is 5.91 Å². The highest BCUT2D eigenvalue weighted by molar-refractivity contribution is 7.91. The molecule has 0 saturated carbocycles. The van der Waals surface area contributed by atoms with E-state index in [-0.39, 0.29) is 29.9 Å². The summed E-state index contributed by atoms with van der Waals surface area (Å²) in [5.74, 6) is 0.173. The number of aromatic nitrogens is 1. The Hall–Kier alpha value is -1.73. The average Bonchev–Trinajstić information content (AvgIpc) is 3.13. The van der Waals surface area contributed by atoms with Crippen molar-refractivity contribution in [1.29, 1.82) is 0 Å². The maximum absolute atomic E-state index is 12.4. The van der Waals surface area contributed by atoms with Crippen molar-refractivity contribution in [2.75, 3.05) is 18.6 Å². The number of benzene rings is 1. The van der Waals surface area contributed by atoms with E-state index in [4.69, 9.17) is 0 Å². The van der Waals surface area contributed by atoms with Gasteiger partial charge in [-0.1, -0.05) is 30.3 Å². The van der Waals surface area contributed by atoms with Crippen molar-refractivity contribution in [2.45, 2.75) is 25.3 Å². The normalized spacial score (nSPS) is 19.3. The Balaban J connectivity index is 1.59. The van der Waals surface area contributed by atoms with Crippen LogP contribution in [0.25, 0.3) is 0 Å². The lowest BCUT2D eigenvalue weighted by Crippen LogP contribution is -2.38. The third kappa shape index (κ3) is 4.21. The first kappa shape index (κ1) is 17.1. The summed E-state index contributed by atoms with van der Waals surface area (Å²) in [6, 6.07) is 9.89. The van der Waals surface area contributed by atoms with Gasteiger partial charge in [0.1, 0.15) is 0 Å². The number of hydrogen-bond donors (Lipinski definition) is 0. The number of sulfone groups is 1. The van der Waals surface area contributed by atoms with E-state index in [0.29, 0.717) is 6.42 Å². The van der Waals surface area contributed by atoms with Gasteiger partial charge in [-0.25, -0.2) is 13.4 Å². The summed E-state index contributed by atoms with van der Waals surface area (Å²) in [4.78, 5) is 18.5. The zero-order valence-electron chi connectivity index (χ0n) is 13.5. The SMILES string of the molecule is CN(C(=O)Cc1csc(Cc2ccccc2)n1)C1CCS(=O)(=O)C1. The number of carbonyl (C=O) groups is 1. The molecule has 1 aliphatic rings. The second-order valence-corrected chi connectivity index (χ2v) is 9.30. The van der Waals surface area contributed by atoms with Crippen LogP contribution < -0.4 is 0 Å². The van der Waals surface area contributed by atoms with Crippen LogP contribution in [0.15, 0.2) is 35.7 Å². The second kappa shape index (κ2) is 7.03. The Labute approximate surface area is 146 Å². The third-order valence-electron chi connectivity index (χ3n) is 4.28. The molecule has 2 heterocycles. The van der Waals surface area contributed by atoms with Crippen molar-refractivity contribution in [1.82, 2.24) is 9.88 Å². The molecule has 0 N–H and O–H groups in total. The number of carbonyl (C=O) groups excluding carboxylic acids is 1. The van der Waals surface area contributed by atoms with Crippen molar-refractivity contribution in [2.24, 2.45) is 0 Å². The molecular weight excluding hydrogens is 344 g/mol. The molecule has 0 radical (unpaired) electrons. The molecule has 1 aromatic carbocycles. The van der Waals surface area contributed by atoms with Crippen LogP contribution in [0.1, 0.15) is 22.7 Å². The minimum Gasteiger partial charge on any atom is -0.341 e. The molecule has 0 aliphatic carbocycles. The van der Waals surface area contributed by atoms with Crippen molar-refractivity contribution in [3.8, 4) is 0 Å². The molecule has 1 aliphatic heterocycles. The summed E-state index contributed by atoms with van der Waals surface area (Å²) in [5.41, 5.74) is 1.95. The molecule has 2 aromatic rings. The fourth-order valence-electron chi connectivity index (χ4n) is 2.85. The largest absolute Gasteiger partial charge is 0.341 e. The predicted molar refractivity (Wildman–Crippen MR) is 94.9 cm³/mol. The smallest absolute Gasteiger partial charge is 0.228 e. The monoisotopic (exact) mass is 364 g/mol. The first-order valence-corrected chi connectivity index (χ1v) is 10.6. The summed E-state index contributed by atoms with van der Waals surface area (Å²) in [5, 5.41) is 2.89. The van der Waals surface area contributed by atoms with Crippen LogP contribution in [-0.2, 0) is 27.5 Å². The van der Waals surface area contributed by atoms with Gasteiger partial charge in [-0.2, -0.15) is 0 Å². The molecule has 7 heteroatoms. The Morgan fingerprint density at radius 3 is 2.75 bits per heavy atom. The fraction of sp³-hybridized carbons (Fsp3) is 0.412. The van der Waals surface area contributed by atoms with Gasteiger partial charge in [-0.3, -0.25) is 4.79 Å². The summed E-state index contributed by atoms with van der Waals surface area (Å²) in [6.45, 7) is 0. The average molecular weight is 364 g/mol. The summed E-state index contributed by atoms with van der Waals surface area (Å²) in [7, 11) is -1.30. The van der Waals surface area contributed by atoms with E-state index < -0.39 is 9.84 Å². The lowest BCUT2D eigenvalue weighted by molar-refractivity contribution is -0.130. The zero-order valence-corrected chi connectivity index (χ0v) is 15.1. The standard InChI is InChI=1S/C17H20N2O3S2/c1-19(15-7-8-24(21,22)12-15)17(20)10-14-11-23-16(18-14)9-13-5-3-2-4-6-13/h2-6,11,15H,7-10,12H2,1H3. The van der Waals surface area contributed by atoms with Crippen LogP contribution in [0.5, 0.6) is 0 Å². The highest BCUT2D eigenvalue weighted by atomic mass is 32.2. The van der Waals surface area contributed by atoms with Crippen LogP contribution in [0.2, 0.25) is 0 Å². The van der Waals surface area contributed by atoms with Gasteiger partial charge >= 0.3 is 0 Å². The lowest BCUT2D eigenvalue weighted by Gasteiger charge is -2.23. The molecule has 1 saturated heterocycles.